The maximum Gasteiger partial charge on any atom is 0.295 e. The number of nitrogens with zero attached hydrogens (tertiary/aromatic N) is 6. The molecule has 3 N–H and O–H groups in total. The SMILES string of the molecule is CN(c1cc(C(F)F)ccc1Nc1cc(Nc2cncc(C#N)n2)nc2[nH]c(C(F)F)nc12)S(C)(=O)=O. The second-order valence-corrected chi connectivity index (χ2v) is 9.65. The molecule has 3 heterocycles. The van der Waals surface area contributed by atoms with Crippen LogP contribution < -0.4 is 14.9 Å². The lowest BCUT2D eigenvalue weighted by Crippen LogP contribution is -2.25. The van der Waals surface area contributed by atoms with Gasteiger partial charge in [-0.05, 0) is 12.1 Å². The van der Waals surface area contributed by atoms with Crippen LogP contribution in [0.15, 0.2) is 36.7 Å². The quantitative estimate of drug-likeness (QED) is 0.279. The molecule has 3 aromatic heterocycles. The molecule has 0 saturated heterocycles. The second kappa shape index (κ2) is 9.85. The van der Waals surface area contributed by atoms with E-state index in [0.29, 0.717) is 0 Å². The highest BCUT2D eigenvalue weighted by Gasteiger charge is 2.22. The normalized spacial score (nSPS) is 11.6. The second-order valence-electron chi connectivity index (χ2n) is 7.63. The summed E-state index contributed by atoms with van der Waals surface area (Å²) in [4.78, 5) is 18.4. The largest absolute Gasteiger partial charge is 0.352 e. The van der Waals surface area contributed by atoms with Crippen molar-refractivity contribution in [2.45, 2.75) is 12.9 Å². The molecule has 0 amide bonds. The van der Waals surface area contributed by atoms with Crippen LogP contribution in [0.4, 0.5) is 46.3 Å². The van der Waals surface area contributed by atoms with Gasteiger partial charge in [0.05, 0.1) is 35.7 Å². The van der Waals surface area contributed by atoms with Gasteiger partial charge in [-0.25, -0.2) is 40.9 Å². The molecular weight excluding hydrogens is 518 g/mol. The third kappa shape index (κ3) is 5.51. The van der Waals surface area contributed by atoms with Crippen molar-refractivity contribution in [2.24, 2.45) is 0 Å². The number of anilines is 5. The Morgan fingerprint density at radius 3 is 2.41 bits per heavy atom. The summed E-state index contributed by atoms with van der Waals surface area (Å²) in [6.07, 6.45) is -2.37. The summed E-state index contributed by atoms with van der Waals surface area (Å²) in [7, 11) is -2.67. The van der Waals surface area contributed by atoms with Gasteiger partial charge in [0.2, 0.25) is 10.0 Å². The zero-order valence-electron chi connectivity index (χ0n) is 19.0. The Morgan fingerprint density at radius 2 is 1.76 bits per heavy atom. The molecule has 0 spiro atoms. The van der Waals surface area contributed by atoms with E-state index >= 15 is 0 Å². The molecule has 11 nitrogen and oxygen atoms in total. The van der Waals surface area contributed by atoms with Crippen LogP contribution in [-0.4, -0.2) is 46.6 Å². The Kier molecular flexibility index (Phi) is 6.81. The highest BCUT2D eigenvalue weighted by molar-refractivity contribution is 7.92. The summed E-state index contributed by atoms with van der Waals surface area (Å²) >= 11 is 0. The van der Waals surface area contributed by atoms with Gasteiger partial charge in [0.25, 0.3) is 12.9 Å². The van der Waals surface area contributed by atoms with Gasteiger partial charge < -0.3 is 15.6 Å². The first kappa shape index (κ1) is 25.6. The van der Waals surface area contributed by atoms with Gasteiger partial charge in [-0.15, -0.1) is 0 Å². The molecule has 0 atom stereocenters. The third-order valence-electron chi connectivity index (χ3n) is 5.06. The van der Waals surface area contributed by atoms with Gasteiger partial charge in [0, 0.05) is 18.7 Å². The lowest BCUT2D eigenvalue weighted by atomic mass is 10.1. The molecule has 192 valence electrons. The standard InChI is InChI=1S/C21H17F4N9O2S/c1-34(37(2,35)36)14-5-10(18(22)23)3-4-12(14)29-13-6-15(30-16-9-27-8-11(7-26)28-16)31-20-17(13)32-21(33-20)19(24)25/h3-6,8-9,18-19H,1-2H3,(H3,28,29,30,31,32,33). The Bertz CT molecular complexity index is 1620. The van der Waals surface area contributed by atoms with Crippen LogP contribution in [0.3, 0.4) is 0 Å². The molecule has 4 aromatic rings. The molecule has 0 fully saturated rings. The number of sulfonamides is 1. The Labute approximate surface area is 207 Å². The number of pyridine rings is 1. The molecule has 0 bridgehead atoms. The maximum atomic E-state index is 13.4. The first-order chi connectivity index (χ1) is 17.5. The van der Waals surface area contributed by atoms with Crippen LogP contribution in [0.5, 0.6) is 0 Å². The number of H-pyrrole nitrogens is 1. The highest BCUT2D eigenvalue weighted by atomic mass is 32.2. The highest BCUT2D eigenvalue weighted by Crippen LogP contribution is 2.36. The summed E-state index contributed by atoms with van der Waals surface area (Å²) in [6, 6.07) is 6.54. The number of nitriles is 1. The number of fused-ring (bicyclic) bond motifs is 1. The third-order valence-corrected chi connectivity index (χ3v) is 6.25. The zero-order valence-corrected chi connectivity index (χ0v) is 19.9. The van der Waals surface area contributed by atoms with E-state index in [1.807, 2.05) is 6.07 Å². The number of aromatic nitrogens is 5. The van der Waals surface area contributed by atoms with E-state index in [1.54, 1.807) is 0 Å². The number of benzene rings is 1. The van der Waals surface area contributed by atoms with Crippen LogP contribution >= 0.6 is 0 Å². The van der Waals surface area contributed by atoms with Gasteiger partial charge in [0.1, 0.15) is 17.4 Å². The van der Waals surface area contributed by atoms with E-state index in [-0.39, 0.29) is 45.6 Å². The monoisotopic (exact) mass is 535 g/mol. The molecule has 4 rings (SSSR count). The van der Waals surface area contributed by atoms with E-state index in [4.69, 9.17) is 5.26 Å². The number of rotatable bonds is 8. The van der Waals surface area contributed by atoms with Crippen molar-refractivity contribution < 1.29 is 26.0 Å². The van der Waals surface area contributed by atoms with Crippen LogP contribution in [0.2, 0.25) is 0 Å². The predicted molar refractivity (Wildman–Crippen MR) is 127 cm³/mol. The molecule has 37 heavy (non-hydrogen) atoms. The topological polar surface area (TPSA) is 153 Å². The number of halogens is 4. The first-order valence-corrected chi connectivity index (χ1v) is 12.1. The minimum Gasteiger partial charge on any atom is -0.352 e. The van der Waals surface area contributed by atoms with Crippen molar-refractivity contribution in [1.29, 1.82) is 5.26 Å². The number of aromatic amines is 1. The fourth-order valence-corrected chi connectivity index (χ4v) is 3.77. The predicted octanol–water partition coefficient (Wildman–Crippen LogP) is 4.38. The average Bonchev–Trinajstić information content (AvgIpc) is 3.28. The van der Waals surface area contributed by atoms with E-state index < -0.39 is 34.3 Å². The molecular formula is C21H17F4N9O2S. The molecule has 0 saturated carbocycles. The molecule has 0 aliphatic rings. The van der Waals surface area contributed by atoms with Gasteiger partial charge >= 0.3 is 0 Å². The van der Waals surface area contributed by atoms with E-state index in [1.165, 1.54) is 31.6 Å². The van der Waals surface area contributed by atoms with Gasteiger partial charge in [-0.3, -0.25) is 9.29 Å². The molecule has 0 aliphatic heterocycles. The van der Waals surface area contributed by atoms with Crippen molar-refractivity contribution in [1.82, 2.24) is 24.9 Å². The van der Waals surface area contributed by atoms with Crippen LogP contribution in [0, 0.1) is 11.3 Å². The fraction of sp³-hybridized carbons (Fsp3) is 0.190. The number of hydrogen-bond acceptors (Lipinski definition) is 9. The van der Waals surface area contributed by atoms with E-state index in [9.17, 15) is 26.0 Å². The molecule has 16 heteroatoms. The number of alkyl halides is 4. The molecule has 0 unspecified atom stereocenters. The Morgan fingerprint density at radius 1 is 1.00 bits per heavy atom. The van der Waals surface area contributed by atoms with Gasteiger partial charge in [0.15, 0.2) is 23.0 Å². The maximum absolute atomic E-state index is 13.4. The van der Waals surface area contributed by atoms with Crippen molar-refractivity contribution in [3.63, 3.8) is 0 Å². The van der Waals surface area contributed by atoms with Crippen molar-refractivity contribution in [3.8, 4) is 6.07 Å². The van der Waals surface area contributed by atoms with Crippen molar-refractivity contribution in [2.75, 3.05) is 28.2 Å². The number of hydrogen-bond donors (Lipinski definition) is 3. The minimum absolute atomic E-state index is 0.0125. The van der Waals surface area contributed by atoms with Crippen molar-refractivity contribution in [3.05, 3.63) is 53.7 Å². The van der Waals surface area contributed by atoms with E-state index in [2.05, 4.69) is 35.6 Å². The smallest absolute Gasteiger partial charge is 0.295 e. The zero-order chi connectivity index (χ0) is 26.9. The molecule has 0 radical (unpaired) electrons. The summed E-state index contributed by atoms with van der Waals surface area (Å²) in [5.74, 6) is -0.467. The average molecular weight is 535 g/mol. The van der Waals surface area contributed by atoms with Crippen LogP contribution in [-0.2, 0) is 10.0 Å². The van der Waals surface area contributed by atoms with Crippen LogP contribution in [0.1, 0.15) is 29.9 Å². The summed E-state index contributed by atoms with van der Waals surface area (Å²) in [5.41, 5.74) is -0.445. The first-order valence-electron chi connectivity index (χ1n) is 10.3. The summed E-state index contributed by atoms with van der Waals surface area (Å²) in [5, 5.41) is 14.7. The summed E-state index contributed by atoms with van der Waals surface area (Å²) in [6.45, 7) is 0. The molecule has 1 aromatic carbocycles. The summed E-state index contributed by atoms with van der Waals surface area (Å²) < 4.78 is 78.6. The fourth-order valence-electron chi connectivity index (χ4n) is 3.26. The lowest BCUT2D eigenvalue weighted by molar-refractivity contribution is 0.142. The molecule has 0 aliphatic carbocycles. The minimum atomic E-state index is -3.86. The number of nitrogens with one attached hydrogen (secondary N) is 3. The van der Waals surface area contributed by atoms with E-state index in [0.717, 1.165) is 22.7 Å². The van der Waals surface area contributed by atoms with Gasteiger partial charge in [-0.2, -0.15) is 5.26 Å². The Hall–Kier alpha value is -4.52. The van der Waals surface area contributed by atoms with Crippen molar-refractivity contribution >= 4 is 49.9 Å². The lowest BCUT2D eigenvalue weighted by Gasteiger charge is -2.22. The van der Waals surface area contributed by atoms with Crippen LogP contribution in [0.25, 0.3) is 11.2 Å². The van der Waals surface area contributed by atoms with Gasteiger partial charge in [-0.1, -0.05) is 6.07 Å². The Balaban J connectivity index is 1.84. The number of imidazole rings is 1.